The van der Waals surface area contributed by atoms with Crippen LogP contribution in [-0.4, -0.2) is 85.6 Å². The zero-order chi connectivity index (χ0) is 12.9. The summed E-state index contributed by atoms with van der Waals surface area (Å²) in [6.45, 7) is 6.13. The van der Waals surface area contributed by atoms with Crippen molar-refractivity contribution in [2.75, 3.05) is 52.6 Å². The van der Waals surface area contributed by atoms with E-state index < -0.39 is 6.10 Å². The van der Waals surface area contributed by atoms with Gasteiger partial charge in [-0.3, -0.25) is 4.90 Å². The highest BCUT2D eigenvalue weighted by Gasteiger charge is 2.10. The molecular formula is C11H24N2O4. The highest BCUT2D eigenvalue weighted by Crippen LogP contribution is 1.94. The molecule has 0 heterocycles. The fourth-order valence-electron chi connectivity index (χ4n) is 1.43. The van der Waals surface area contributed by atoms with E-state index in [-0.39, 0.29) is 19.8 Å². The van der Waals surface area contributed by atoms with Crippen molar-refractivity contribution in [3.05, 3.63) is 0 Å². The van der Waals surface area contributed by atoms with Gasteiger partial charge in [-0.25, -0.2) is 0 Å². The topological polar surface area (TPSA) is 85.5 Å². The molecule has 0 saturated carbocycles. The second-order valence-electron chi connectivity index (χ2n) is 3.78. The third kappa shape index (κ3) is 10.3. The number of ether oxygens (including phenoxy) is 1. The van der Waals surface area contributed by atoms with Crippen LogP contribution in [0.3, 0.4) is 0 Å². The number of rotatable bonds is 12. The number of hydrogen-bond acceptors (Lipinski definition) is 6. The Kier molecular flexibility index (Phi) is 11.6. The normalized spacial score (nSPS) is 12.9. The lowest BCUT2D eigenvalue weighted by Crippen LogP contribution is -2.38. The lowest BCUT2D eigenvalue weighted by Gasteiger charge is -2.23. The van der Waals surface area contributed by atoms with E-state index in [1.807, 2.05) is 0 Å². The average molecular weight is 248 g/mol. The van der Waals surface area contributed by atoms with Gasteiger partial charge >= 0.3 is 0 Å². The molecule has 102 valence electrons. The molecule has 0 spiro atoms. The zero-order valence-corrected chi connectivity index (χ0v) is 10.3. The maximum absolute atomic E-state index is 9.66. The molecule has 1 unspecified atom stereocenters. The summed E-state index contributed by atoms with van der Waals surface area (Å²) in [7, 11) is 0. The van der Waals surface area contributed by atoms with E-state index in [1.54, 1.807) is 4.90 Å². The second-order valence-corrected chi connectivity index (χ2v) is 3.78. The molecule has 0 aromatic carbocycles. The summed E-state index contributed by atoms with van der Waals surface area (Å²) in [6, 6.07) is 0. The van der Waals surface area contributed by atoms with E-state index in [0.717, 1.165) is 6.42 Å². The van der Waals surface area contributed by atoms with Crippen LogP contribution in [0.25, 0.3) is 0 Å². The van der Waals surface area contributed by atoms with Crippen LogP contribution < -0.4 is 0 Å². The Morgan fingerprint density at radius 2 is 1.88 bits per heavy atom. The van der Waals surface area contributed by atoms with E-state index in [1.165, 1.54) is 0 Å². The fourth-order valence-corrected chi connectivity index (χ4v) is 1.43. The third-order valence-corrected chi connectivity index (χ3v) is 2.22. The number of aliphatic imine (C=N–C) groups is 1. The standard InChI is InChI=1S/C11H24N2O4/c1-12-3-2-8-17-10-11(16)9-13(4-6-14)5-7-15/h11,14-16H,1-10H2. The van der Waals surface area contributed by atoms with Crippen molar-refractivity contribution in [3.63, 3.8) is 0 Å². The van der Waals surface area contributed by atoms with Crippen LogP contribution in [0.2, 0.25) is 0 Å². The summed E-state index contributed by atoms with van der Waals surface area (Å²) < 4.78 is 5.27. The average Bonchev–Trinajstić information content (AvgIpc) is 2.29. The van der Waals surface area contributed by atoms with Gasteiger partial charge < -0.3 is 25.0 Å². The van der Waals surface area contributed by atoms with Gasteiger partial charge in [0.15, 0.2) is 0 Å². The molecule has 0 aromatic heterocycles. The monoisotopic (exact) mass is 248 g/mol. The van der Waals surface area contributed by atoms with Crippen molar-refractivity contribution in [2.45, 2.75) is 12.5 Å². The second kappa shape index (κ2) is 11.9. The van der Waals surface area contributed by atoms with Gasteiger partial charge in [-0.15, -0.1) is 0 Å². The van der Waals surface area contributed by atoms with Gasteiger partial charge in [-0.2, -0.15) is 0 Å². The van der Waals surface area contributed by atoms with Gasteiger partial charge in [0.05, 0.1) is 25.9 Å². The Morgan fingerprint density at radius 1 is 1.24 bits per heavy atom. The zero-order valence-electron chi connectivity index (χ0n) is 10.3. The molecule has 3 N–H and O–H groups in total. The van der Waals surface area contributed by atoms with Gasteiger partial charge in [-0.05, 0) is 13.1 Å². The minimum Gasteiger partial charge on any atom is -0.395 e. The van der Waals surface area contributed by atoms with Crippen LogP contribution in [0, 0.1) is 0 Å². The van der Waals surface area contributed by atoms with Gasteiger partial charge in [0.25, 0.3) is 0 Å². The molecule has 1 atom stereocenters. The molecule has 6 nitrogen and oxygen atoms in total. The van der Waals surface area contributed by atoms with Crippen molar-refractivity contribution in [2.24, 2.45) is 4.99 Å². The van der Waals surface area contributed by atoms with Crippen LogP contribution in [0.5, 0.6) is 0 Å². The first-order valence-electron chi connectivity index (χ1n) is 5.87. The fraction of sp³-hybridized carbons (Fsp3) is 0.909. The molecule has 0 aliphatic carbocycles. The summed E-state index contributed by atoms with van der Waals surface area (Å²) in [5.41, 5.74) is 0. The number of nitrogens with zero attached hydrogens (tertiary/aromatic N) is 2. The summed E-state index contributed by atoms with van der Waals surface area (Å²) in [5.74, 6) is 0. The Balaban J connectivity index is 3.58. The SMILES string of the molecule is C=NCCCOCC(O)CN(CCO)CCO. The van der Waals surface area contributed by atoms with Crippen LogP contribution in [0.15, 0.2) is 4.99 Å². The number of hydrogen-bond donors (Lipinski definition) is 3. The van der Waals surface area contributed by atoms with Crippen molar-refractivity contribution >= 4 is 6.72 Å². The minimum absolute atomic E-state index is 0.0125. The highest BCUT2D eigenvalue weighted by atomic mass is 16.5. The maximum Gasteiger partial charge on any atom is 0.0900 e. The molecule has 0 amide bonds. The quantitative estimate of drug-likeness (QED) is 0.296. The smallest absolute Gasteiger partial charge is 0.0900 e. The van der Waals surface area contributed by atoms with Crippen molar-refractivity contribution in [1.82, 2.24) is 4.90 Å². The Bertz CT molecular complexity index is 175. The summed E-state index contributed by atoms with van der Waals surface area (Å²) in [6.07, 6.45) is 0.192. The first kappa shape index (κ1) is 16.5. The Hall–Kier alpha value is -0.530. The lowest BCUT2D eigenvalue weighted by molar-refractivity contribution is 0.0112. The summed E-state index contributed by atoms with van der Waals surface area (Å²) in [4.78, 5) is 5.48. The van der Waals surface area contributed by atoms with Gasteiger partial charge in [0, 0.05) is 32.8 Å². The van der Waals surface area contributed by atoms with Crippen LogP contribution in [0.1, 0.15) is 6.42 Å². The summed E-state index contributed by atoms with van der Waals surface area (Å²) >= 11 is 0. The van der Waals surface area contributed by atoms with E-state index in [4.69, 9.17) is 14.9 Å². The molecular weight excluding hydrogens is 224 g/mol. The first-order chi connectivity index (χ1) is 8.24. The lowest BCUT2D eigenvalue weighted by atomic mass is 10.3. The van der Waals surface area contributed by atoms with Crippen LogP contribution in [0.4, 0.5) is 0 Å². The molecule has 0 radical (unpaired) electrons. The molecule has 0 saturated heterocycles. The first-order valence-corrected chi connectivity index (χ1v) is 5.87. The molecule has 17 heavy (non-hydrogen) atoms. The molecule has 0 aliphatic rings. The molecule has 0 bridgehead atoms. The van der Waals surface area contributed by atoms with E-state index in [0.29, 0.717) is 32.8 Å². The minimum atomic E-state index is -0.607. The van der Waals surface area contributed by atoms with Crippen molar-refractivity contribution in [3.8, 4) is 0 Å². The van der Waals surface area contributed by atoms with Gasteiger partial charge in [0.1, 0.15) is 0 Å². The van der Waals surface area contributed by atoms with Gasteiger partial charge in [0.2, 0.25) is 0 Å². The predicted octanol–water partition coefficient (Wildman–Crippen LogP) is -1.26. The maximum atomic E-state index is 9.66. The van der Waals surface area contributed by atoms with Gasteiger partial charge in [-0.1, -0.05) is 0 Å². The number of aliphatic hydroxyl groups is 3. The van der Waals surface area contributed by atoms with Crippen LogP contribution in [-0.2, 0) is 4.74 Å². The molecule has 0 aliphatic heterocycles. The third-order valence-electron chi connectivity index (χ3n) is 2.22. The van der Waals surface area contributed by atoms with Crippen molar-refractivity contribution in [1.29, 1.82) is 0 Å². The van der Waals surface area contributed by atoms with Crippen LogP contribution >= 0.6 is 0 Å². The van der Waals surface area contributed by atoms with E-state index >= 15 is 0 Å². The predicted molar refractivity (Wildman–Crippen MR) is 66.5 cm³/mol. The molecule has 6 heteroatoms. The Morgan fingerprint density at radius 3 is 2.41 bits per heavy atom. The van der Waals surface area contributed by atoms with E-state index in [9.17, 15) is 5.11 Å². The molecule has 0 aromatic rings. The van der Waals surface area contributed by atoms with Crippen molar-refractivity contribution < 1.29 is 20.1 Å². The Labute approximate surface area is 103 Å². The van der Waals surface area contributed by atoms with E-state index in [2.05, 4.69) is 11.7 Å². The summed E-state index contributed by atoms with van der Waals surface area (Å²) in [5, 5.41) is 27.3. The molecule has 0 fully saturated rings. The number of aliphatic hydroxyl groups excluding tert-OH is 3. The largest absolute Gasteiger partial charge is 0.395 e. The molecule has 0 rings (SSSR count). The highest BCUT2D eigenvalue weighted by molar-refractivity contribution is 5.22.